The second-order valence-corrected chi connectivity index (χ2v) is 4.88. The van der Waals surface area contributed by atoms with Gasteiger partial charge >= 0.3 is 0 Å². The largest absolute Gasteiger partial charge is 0.379 e. The average molecular weight is 249 g/mol. The van der Waals surface area contributed by atoms with Crippen molar-refractivity contribution >= 4 is 0 Å². The predicted octanol–water partition coefficient (Wildman–Crippen LogP) is 2.48. The summed E-state index contributed by atoms with van der Waals surface area (Å²) in [6, 6.07) is 11.0. The minimum atomic E-state index is 0.196. The lowest BCUT2D eigenvalue weighted by molar-refractivity contribution is -0.00958. The normalized spacial score (nSPS) is 22.9. The first-order valence-corrected chi connectivity index (χ1v) is 6.71. The van der Waals surface area contributed by atoms with E-state index >= 15 is 0 Å². The molecule has 1 aromatic rings. The zero-order valence-electron chi connectivity index (χ0n) is 11.3. The van der Waals surface area contributed by atoms with Gasteiger partial charge in [0.1, 0.15) is 0 Å². The minimum absolute atomic E-state index is 0.196. The van der Waals surface area contributed by atoms with E-state index in [0.29, 0.717) is 6.04 Å². The van der Waals surface area contributed by atoms with Crippen molar-refractivity contribution in [3.05, 3.63) is 35.9 Å². The van der Waals surface area contributed by atoms with E-state index in [0.717, 1.165) is 32.7 Å². The van der Waals surface area contributed by atoms with Gasteiger partial charge in [0.2, 0.25) is 0 Å². The summed E-state index contributed by atoms with van der Waals surface area (Å²) in [5.74, 6) is 0. The van der Waals surface area contributed by atoms with E-state index in [1.165, 1.54) is 5.56 Å². The molecule has 0 radical (unpaired) electrons. The standard InChI is InChI=1S/C15H23NO2/c1-13-12-18-11-10-16(13)9-8-15(17-2)14-6-4-3-5-7-14/h3-7,13,15H,8-12H2,1-2H3/t13?,15-/m0/s1. The van der Waals surface area contributed by atoms with Crippen LogP contribution in [0.4, 0.5) is 0 Å². The van der Waals surface area contributed by atoms with Gasteiger partial charge in [0.25, 0.3) is 0 Å². The van der Waals surface area contributed by atoms with E-state index in [1.54, 1.807) is 7.11 Å². The van der Waals surface area contributed by atoms with Gasteiger partial charge in [-0.2, -0.15) is 0 Å². The van der Waals surface area contributed by atoms with Crippen molar-refractivity contribution in [3.8, 4) is 0 Å². The first kappa shape index (κ1) is 13.5. The first-order chi connectivity index (χ1) is 8.81. The van der Waals surface area contributed by atoms with Crippen LogP contribution < -0.4 is 0 Å². The molecule has 1 aromatic carbocycles. The lowest BCUT2D eigenvalue weighted by Gasteiger charge is -2.34. The van der Waals surface area contributed by atoms with Crippen molar-refractivity contribution in [3.63, 3.8) is 0 Å². The maximum Gasteiger partial charge on any atom is 0.0833 e. The minimum Gasteiger partial charge on any atom is -0.379 e. The lowest BCUT2D eigenvalue weighted by Crippen LogP contribution is -2.44. The molecule has 0 spiro atoms. The third kappa shape index (κ3) is 3.55. The van der Waals surface area contributed by atoms with Crippen molar-refractivity contribution in [2.45, 2.75) is 25.5 Å². The Hall–Kier alpha value is -0.900. The van der Waals surface area contributed by atoms with Gasteiger partial charge in [-0.15, -0.1) is 0 Å². The van der Waals surface area contributed by atoms with Gasteiger partial charge in [-0.25, -0.2) is 0 Å². The zero-order valence-corrected chi connectivity index (χ0v) is 11.3. The maximum absolute atomic E-state index is 5.60. The Kier molecular flexibility index (Phi) is 5.17. The van der Waals surface area contributed by atoms with Crippen molar-refractivity contribution in [1.82, 2.24) is 4.90 Å². The molecular weight excluding hydrogens is 226 g/mol. The van der Waals surface area contributed by atoms with Gasteiger partial charge in [0.15, 0.2) is 0 Å². The number of nitrogens with zero attached hydrogens (tertiary/aromatic N) is 1. The summed E-state index contributed by atoms with van der Waals surface area (Å²) in [5.41, 5.74) is 1.26. The molecule has 1 heterocycles. The molecular formula is C15H23NO2. The van der Waals surface area contributed by atoms with Gasteiger partial charge < -0.3 is 9.47 Å². The lowest BCUT2D eigenvalue weighted by atomic mass is 10.1. The van der Waals surface area contributed by atoms with Crippen molar-refractivity contribution in [2.75, 3.05) is 33.4 Å². The summed E-state index contributed by atoms with van der Waals surface area (Å²) in [6.07, 6.45) is 1.23. The highest BCUT2D eigenvalue weighted by atomic mass is 16.5. The molecule has 0 bridgehead atoms. The second kappa shape index (κ2) is 6.88. The third-order valence-corrected chi connectivity index (χ3v) is 3.64. The van der Waals surface area contributed by atoms with Crippen LogP contribution in [0.5, 0.6) is 0 Å². The quantitative estimate of drug-likeness (QED) is 0.800. The fourth-order valence-corrected chi connectivity index (χ4v) is 2.47. The van der Waals surface area contributed by atoms with Crippen molar-refractivity contribution < 1.29 is 9.47 Å². The van der Waals surface area contributed by atoms with E-state index in [1.807, 2.05) is 6.07 Å². The Morgan fingerprint density at radius 3 is 2.83 bits per heavy atom. The average Bonchev–Trinajstić information content (AvgIpc) is 2.42. The fourth-order valence-electron chi connectivity index (χ4n) is 2.47. The molecule has 1 unspecified atom stereocenters. The van der Waals surface area contributed by atoms with Crippen LogP contribution >= 0.6 is 0 Å². The molecule has 1 aliphatic rings. The molecule has 1 saturated heterocycles. The zero-order chi connectivity index (χ0) is 12.8. The van der Waals surface area contributed by atoms with Crippen LogP contribution in [0.3, 0.4) is 0 Å². The highest BCUT2D eigenvalue weighted by molar-refractivity contribution is 5.17. The van der Waals surface area contributed by atoms with Crippen LogP contribution in [0.25, 0.3) is 0 Å². The van der Waals surface area contributed by atoms with Crippen LogP contribution in [0.15, 0.2) is 30.3 Å². The molecule has 0 saturated carbocycles. The van der Waals surface area contributed by atoms with E-state index in [2.05, 4.69) is 36.1 Å². The summed E-state index contributed by atoms with van der Waals surface area (Å²) >= 11 is 0. The molecule has 2 atom stereocenters. The molecule has 100 valence electrons. The van der Waals surface area contributed by atoms with E-state index in [9.17, 15) is 0 Å². The SMILES string of the molecule is CO[C@@H](CCN1CCOCC1C)c1ccccc1. The number of benzene rings is 1. The highest BCUT2D eigenvalue weighted by Crippen LogP contribution is 2.21. The monoisotopic (exact) mass is 249 g/mol. The maximum atomic E-state index is 5.60. The molecule has 0 aromatic heterocycles. The summed E-state index contributed by atoms with van der Waals surface area (Å²) in [5, 5.41) is 0. The number of morpholine rings is 1. The van der Waals surface area contributed by atoms with Gasteiger partial charge in [-0.1, -0.05) is 30.3 Å². The van der Waals surface area contributed by atoms with Crippen LogP contribution in [0.2, 0.25) is 0 Å². The Balaban J connectivity index is 1.87. The number of hydrogen-bond acceptors (Lipinski definition) is 3. The molecule has 2 rings (SSSR count). The molecule has 0 aliphatic carbocycles. The smallest absolute Gasteiger partial charge is 0.0833 e. The summed E-state index contributed by atoms with van der Waals surface area (Å²) in [7, 11) is 1.79. The van der Waals surface area contributed by atoms with Gasteiger partial charge in [0.05, 0.1) is 19.3 Å². The molecule has 0 amide bonds. The van der Waals surface area contributed by atoms with Crippen LogP contribution in [0.1, 0.15) is 25.0 Å². The molecule has 3 heteroatoms. The highest BCUT2D eigenvalue weighted by Gasteiger charge is 2.20. The van der Waals surface area contributed by atoms with Crippen LogP contribution in [0, 0.1) is 0 Å². The van der Waals surface area contributed by atoms with Gasteiger partial charge in [0, 0.05) is 26.2 Å². The number of hydrogen-bond donors (Lipinski definition) is 0. The fraction of sp³-hybridized carbons (Fsp3) is 0.600. The van der Waals surface area contributed by atoms with Crippen molar-refractivity contribution in [1.29, 1.82) is 0 Å². The van der Waals surface area contributed by atoms with E-state index in [-0.39, 0.29) is 6.10 Å². The van der Waals surface area contributed by atoms with Crippen LogP contribution in [-0.2, 0) is 9.47 Å². The molecule has 0 N–H and O–H groups in total. The topological polar surface area (TPSA) is 21.7 Å². The summed E-state index contributed by atoms with van der Waals surface area (Å²) in [4.78, 5) is 2.48. The first-order valence-electron chi connectivity index (χ1n) is 6.71. The Labute approximate surface area is 110 Å². The number of ether oxygens (including phenoxy) is 2. The number of rotatable bonds is 5. The Morgan fingerprint density at radius 1 is 1.39 bits per heavy atom. The molecule has 18 heavy (non-hydrogen) atoms. The summed E-state index contributed by atoms with van der Waals surface area (Å²) < 4.78 is 11.1. The van der Waals surface area contributed by atoms with Crippen molar-refractivity contribution in [2.24, 2.45) is 0 Å². The molecule has 1 aliphatic heterocycles. The Morgan fingerprint density at radius 2 is 2.17 bits per heavy atom. The molecule has 1 fully saturated rings. The van der Waals surface area contributed by atoms with Gasteiger partial charge in [-0.3, -0.25) is 4.90 Å². The second-order valence-electron chi connectivity index (χ2n) is 4.88. The predicted molar refractivity (Wildman–Crippen MR) is 72.7 cm³/mol. The third-order valence-electron chi connectivity index (χ3n) is 3.64. The number of methoxy groups -OCH3 is 1. The van der Waals surface area contributed by atoms with Gasteiger partial charge in [-0.05, 0) is 18.9 Å². The summed E-state index contributed by atoms with van der Waals surface area (Å²) in [6.45, 7) is 6.03. The van der Waals surface area contributed by atoms with E-state index < -0.39 is 0 Å². The van der Waals surface area contributed by atoms with Crippen LogP contribution in [-0.4, -0.2) is 44.4 Å². The molecule has 3 nitrogen and oxygen atoms in total. The Bertz CT molecular complexity index is 342. The van der Waals surface area contributed by atoms with E-state index in [4.69, 9.17) is 9.47 Å².